The van der Waals surface area contributed by atoms with Crippen molar-refractivity contribution in [1.29, 1.82) is 0 Å². The molecule has 2 saturated carbocycles. The Morgan fingerprint density at radius 1 is 1.30 bits per heavy atom. The van der Waals surface area contributed by atoms with Crippen molar-refractivity contribution in [3.63, 3.8) is 0 Å². The lowest BCUT2D eigenvalue weighted by molar-refractivity contribution is -0.150. The minimum atomic E-state index is -0.835. The van der Waals surface area contributed by atoms with E-state index in [0.29, 0.717) is 18.4 Å². The first-order valence-corrected chi connectivity index (χ1v) is 8.02. The van der Waals surface area contributed by atoms with Gasteiger partial charge in [0.25, 0.3) is 0 Å². The number of rotatable bonds is 8. The zero-order valence-electron chi connectivity index (χ0n) is 13.3. The highest BCUT2D eigenvalue weighted by molar-refractivity contribution is 5.81. The Morgan fingerprint density at radius 2 is 1.80 bits per heavy atom. The molecule has 0 radical (unpaired) electrons. The van der Waals surface area contributed by atoms with Crippen LogP contribution >= 0.6 is 0 Å². The number of hydrogen-bond acceptors (Lipinski definition) is 2. The number of allylic oxidation sites excluding steroid dienone is 1. The van der Waals surface area contributed by atoms with Crippen molar-refractivity contribution in [2.45, 2.75) is 64.5 Å². The highest BCUT2D eigenvalue weighted by atomic mass is 16.4. The summed E-state index contributed by atoms with van der Waals surface area (Å²) in [6, 6.07) is 0.459. The van der Waals surface area contributed by atoms with E-state index in [1.54, 1.807) is 0 Å². The number of likely N-dealkylation sites (N-methyl/N-ethyl adjacent to an activating group) is 1. The van der Waals surface area contributed by atoms with Gasteiger partial charge in [0.15, 0.2) is 0 Å². The van der Waals surface area contributed by atoms with Crippen molar-refractivity contribution in [3.05, 3.63) is 12.2 Å². The van der Waals surface area contributed by atoms with Crippen LogP contribution in [0.1, 0.15) is 52.9 Å². The predicted octanol–water partition coefficient (Wildman–Crippen LogP) is 3.55. The second-order valence-electron chi connectivity index (χ2n) is 7.10. The van der Waals surface area contributed by atoms with Crippen LogP contribution in [-0.4, -0.2) is 34.6 Å². The summed E-state index contributed by atoms with van der Waals surface area (Å²) in [6.45, 7) is 6.14. The SMILES string of the molecule is CC=C[C@@](CC(C)C)(C(=O)O)N(C)C(C1CC1)C1CC1. The van der Waals surface area contributed by atoms with Gasteiger partial charge in [0.05, 0.1) is 0 Å². The molecule has 114 valence electrons. The van der Waals surface area contributed by atoms with E-state index in [1.165, 1.54) is 25.7 Å². The minimum absolute atomic E-state index is 0.365. The van der Waals surface area contributed by atoms with Crippen molar-refractivity contribution in [1.82, 2.24) is 4.90 Å². The van der Waals surface area contributed by atoms with Gasteiger partial charge in [0.2, 0.25) is 0 Å². The van der Waals surface area contributed by atoms with E-state index in [9.17, 15) is 9.90 Å². The van der Waals surface area contributed by atoms with Crippen molar-refractivity contribution >= 4 is 5.97 Å². The van der Waals surface area contributed by atoms with Gasteiger partial charge in [-0.25, -0.2) is 4.79 Å². The molecule has 1 N–H and O–H groups in total. The highest BCUT2D eigenvalue weighted by Crippen LogP contribution is 2.49. The molecule has 0 aromatic rings. The standard InChI is InChI=1S/C17H29NO2/c1-5-10-17(16(19)20,11-12(2)3)18(4)15(13-6-7-13)14-8-9-14/h5,10,12-15H,6-9,11H2,1-4H3,(H,19,20)/t17-/m1/s1. The van der Waals surface area contributed by atoms with Gasteiger partial charge in [-0.3, -0.25) is 4.90 Å². The van der Waals surface area contributed by atoms with Gasteiger partial charge >= 0.3 is 5.97 Å². The van der Waals surface area contributed by atoms with Crippen LogP contribution in [0.2, 0.25) is 0 Å². The van der Waals surface area contributed by atoms with Gasteiger partial charge in [-0.05, 0) is 63.8 Å². The van der Waals surface area contributed by atoms with Crippen molar-refractivity contribution < 1.29 is 9.90 Å². The Labute approximate surface area is 123 Å². The quantitative estimate of drug-likeness (QED) is 0.691. The predicted molar refractivity (Wildman–Crippen MR) is 81.6 cm³/mol. The summed E-state index contributed by atoms with van der Waals surface area (Å²) < 4.78 is 0. The number of carboxylic acid groups (broad SMARTS) is 1. The van der Waals surface area contributed by atoms with Crippen LogP contribution in [0, 0.1) is 17.8 Å². The van der Waals surface area contributed by atoms with Gasteiger partial charge in [0, 0.05) is 6.04 Å². The van der Waals surface area contributed by atoms with Gasteiger partial charge in [-0.1, -0.05) is 26.0 Å². The molecule has 0 saturated heterocycles. The largest absolute Gasteiger partial charge is 0.480 e. The minimum Gasteiger partial charge on any atom is -0.480 e. The van der Waals surface area contributed by atoms with E-state index in [1.807, 2.05) is 26.1 Å². The number of aliphatic carboxylic acids is 1. The van der Waals surface area contributed by atoms with Gasteiger partial charge in [0.1, 0.15) is 5.54 Å². The fourth-order valence-electron chi connectivity index (χ4n) is 3.70. The van der Waals surface area contributed by atoms with E-state index in [0.717, 1.165) is 11.8 Å². The topological polar surface area (TPSA) is 40.5 Å². The molecule has 0 spiro atoms. The summed E-state index contributed by atoms with van der Waals surface area (Å²) in [6.07, 6.45) is 9.60. The molecule has 0 bridgehead atoms. The van der Waals surface area contributed by atoms with E-state index < -0.39 is 11.5 Å². The van der Waals surface area contributed by atoms with Crippen LogP contribution in [0.25, 0.3) is 0 Å². The van der Waals surface area contributed by atoms with Crippen LogP contribution in [0.4, 0.5) is 0 Å². The maximum atomic E-state index is 12.1. The molecule has 2 aliphatic rings. The number of nitrogens with zero attached hydrogens (tertiary/aromatic N) is 1. The average molecular weight is 279 g/mol. The average Bonchev–Trinajstić information content (AvgIpc) is 3.21. The van der Waals surface area contributed by atoms with E-state index >= 15 is 0 Å². The van der Waals surface area contributed by atoms with Crippen LogP contribution < -0.4 is 0 Å². The first-order valence-electron chi connectivity index (χ1n) is 8.02. The fraction of sp³-hybridized carbons (Fsp3) is 0.824. The maximum Gasteiger partial charge on any atom is 0.328 e. The third-order valence-electron chi connectivity index (χ3n) is 4.82. The molecule has 2 rings (SSSR count). The smallest absolute Gasteiger partial charge is 0.328 e. The molecule has 0 heterocycles. The molecule has 2 fully saturated rings. The molecular formula is C17H29NO2. The van der Waals surface area contributed by atoms with E-state index in [-0.39, 0.29) is 0 Å². The van der Waals surface area contributed by atoms with Gasteiger partial charge in [-0.15, -0.1) is 0 Å². The lowest BCUT2D eigenvalue weighted by atomic mass is 9.84. The van der Waals surface area contributed by atoms with Crippen molar-refractivity contribution in [3.8, 4) is 0 Å². The first-order chi connectivity index (χ1) is 9.42. The number of hydrogen-bond donors (Lipinski definition) is 1. The lowest BCUT2D eigenvalue weighted by Gasteiger charge is -2.42. The maximum absolute atomic E-state index is 12.1. The summed E-state index contributed by atoms with van der Waals surface area (Å²) in [5.74, 6) is 1.12. The summed E-state index contributed by atoms with van der Waals surface area (Å²) in [5, 5.41) is 9.93. The molecule has 0 aliphatic heterocycles. The second kappa shape index (κ2) is 5.88. The lowest BCUT2D eigenvalue weighted by Crippen LogP contribution is -2.57. The second-order valence-corrected chi connectivity index (χ2v) is 7.10. The zero-order valence-corrected chi connectivity index (χ0v) is 13.3. The highest BCUT2D eigenvalue weighted by Gasteiger charge is 2.51. The third kappa shape index (κ3) is 3.08. The van der Waals surface area contributed by atoms with Crippen LogP contribution in [0.15, 0.2) is 12.2 Å². The summed E-state index contributed by atoms with van der Waals surface area (Å²) in [7, 11) is 2.04. The Bertz CT molecular complexity index is 370. The molecule has 1 atom stereocenters. The number of carboxylic acids is 1. The molecule has 3 nitrogen and oxygen atoms in total. The fourth-order valence-corrected chi connectivity index (χ4v) is 3.70. The van der Waals surface area contributed by atoms with E-state index in [4.69, 9.17) is 0 Å². The van der Waals surface area contributed by atoms with Crippen molar-refractivity contribution in [2.75, 3.05) is 7.05 Å². The Hall–Kier alpha value is -0.830. The summed E-state index contributed by atoms with van der Waals surface area (Å²) in [5.41, 5.74) is -0.835. The van der Waals surface area contributed by atoms with Crippen LogP contribution in [0.3, 0.4) is 0 Å². The normalized spacial score (nSPS) is 22.9. The Kier molecular flexibility index (Phi) is 4.58. The van der Waals surface area contributed by atoms with Gasteiger partial charge in [-0.2, -0.15) is 0 Å². The molecule has 20 heavy (non-hydrogen) atoms. The molecule has 0 unspecified atom stereocenters. The Morgan fingerprint density at radius 3 is 2.10 bits per heavy atom. The van der Waals surface area contributed by atoms with Crippen molar-refractivity contribution in [2.24, 2.45) is 17.8 Å². The molecule has 0 aromatic carbocycles. The first kappa shape index (κ1) is 15.6. The van der Waals surface area contributed by atoms with Crippen LogP contribution in [-0.2, 0) is 4.79 Å². The van der Waals surface area contributed by atoms with E-state index in [2.05, 4.69) is 18.7 Å². The zero-order chi connectivity index (χ0) is 14.9. The number of carbonyl (C=O) groups is 1. The Balaban J connectivity index is 2.29. The molecule has 3 heteroatoms. The monoisotopic (exact) mass is 279 g/mol. The molecule has 0 amide bonds. The molecule has 0 aromatic heterocycles. The summed E-state index contributed by atoms with van der Waals surface area (Å²) in [4.78, 5) is 14.3. The molecule has 2 aliphatic carbocycles. The summed E-state index contributed by atoms with van der Waals surface area (Å²) >= 11 is 0. The molecular weight excluding hydrogens is 250 g/mol. The third-order valence-corrected chi connectivity index (χ3v) is 4.82. The van der Waals surface area contributed by atoms with Crippen LogP contribution in [0.5, 0.6) is 0 Å². The van der Waals surface area contributed by atoms with Gasteiger partial charge < -0.3 is 5.11 Å².